The number of benzene rings is 2. The van der Waals surface area contributed by atoms with E-state index in [2.05, 4.69) is 56.3 Å². The molecule has 0 aliphatic carbocycles. The number of halogens is 2. The molecule has 20 heavy (non-hydrogen) atoms. The third-order valence-electron chi connectivity index (χ3n) is 3.26. The predicted molar refractivity (Wildman–Crippen MR) is 89.6 cm³/mol. The maximum Gasteiger partial charge on any atom is 0.0495 e. The van der Waals surface area contributed by atoms with E-state index in [4.69, 9.17) is 11.6 Å². The van der Waals surface area contributed by atoms with Crippen molar-refractivity contribution in [3.63, 3.8) is 0 Å². The molecular formula is C16H14BrClN2. The summed E-state index contributed by atoms with van der Waals surface area (Å²) in [4.78, 5) is 0. The van der Waals surface area contributed by atoms with E-state index in [-0.39, 0.29) is 0 Å². The summed E-state index contributed by atoms with van der Waals surface area (Å²) in [5.41, 5.74) is 2.30. The molecule has 0 saturated carbocycles. The Morgan fingerprint density at radius 1 is 1.05 bits per heavy atom. The molecule has 0 radical (unpaired) electrons. The van der Waals surface area contributed by atoms with E-state index in [1.54, 1.807) is 0 Å². The first-order chi connectivity index (χ1) is 9.72. The number of aromatic nitrogens is 1. The molecule has 0 bridgehead atoms. The number of nitrogens with one attached hydrogen (secondary N) is 1. The van der Waals surface area contributed by atoms with Gasteiger partial charge in [-0.3, -0.25) is 0 Å². The number of hydrogen-bond acceptors (Lipinski definition) is 1. The van der Waals surface area contributed by atoms with Crippen molar-refractivity contribution in [1.82, 2.24) is 4.57 Å². The summed E-state index contributed by atoms with van der Waals surface area (Å²) in [5.74, 6) is 0. The summed E-state index contributed by atoms with van der Waals surface area (Å²) in [6.07, 6.45) is 2.10. The van der Waals surface area contributed by atoms with Crippen LogP contribution in [0.5, 0.6) is 0 Å². The lowest BCUT2D eigenvalue weighted by Crippen LogP contribution is -2.09. The zero-order valence-electron chi connectivity index (χ0n) is 10.8. The summed E-state index contributed by atoms with van der Waals surface area (Å²) in [5, 5.41) is 5.41. The van der Waals surface area contributed by atoms with Gasteiger partial charge >= 0.3 is 0 Å². The number of nitrogens with zero attached hydrogens (tertiary/aromatic N) is 1. The van der Waals surface area contributed by atoms with Gasteiger partial charge in [-0.05, 0) is 47.9 Å². The standard InChI is InChI=1S/C16H14BrClN2/c17-13-2-5-15(6-3-13)19-8-10-20-9-7-12-1-4-14(18)11-16(12)20/h1-7,9,11,19H,8,10H2. The summed E-state index contributed by atoms with van der Waals surface area (Å²) in [6.45, 7) is 1.78. The first-order valence-electron chi connectivity index (χ1n) is 6.46. The van der Waals surface area contributed by atoms with Gasteiger partial charge in [-0.2, -0.15) is 0 Å². The van der Waals surface area contributed by atoms with Gasteiger partial charge in [0.15, 0.2) is 0 Å². The molecule has 1 aromatic heterocycles. The zero-order valence-corrected chi connectivity index (χ0v) is 13.2. The summed E-state index contributed by atoms with van der Waals surface area (Å²) >= 11 is 9.49. The van der Waals surface area contributed by atoms with Crippen LogP contribution in [0, 0.1) is 0 Å². The smallest absolute Gasteiger partial charge is 0.0495 e. The van der Waals surface area contributed by atoms with Crippen LogP contribution in [0.25, 0.3) is 10.9 Å². The Kier molecular flexibility index (Phi) is 3.99. The van der Waals surface area contributed by atoms with Crippen LogP contribution in [0.4, 0.5) is 5.69 Å². The quantitative estimate of drug-likeness (QED) is 0.687. The zero-order chi connectivity index (χ0) is 13.9. The van der Waals surface area contributed by atoms with E-state index >= 15 is 0 Å². The number of anilines is 1. The fourth-order valence-corrected chi connectivity index (χ4v) is 2.67. The van der Waals surface area contributed by atoms with Crippen molar-refractivity contribution < 1.29 is 0 Å². The molecule has 0 aliphatic rings. The molecule has 0 saturated heterocycles. The average molecular weight is 350 g/mol. The molecule has 0 aliphatic heterocycles. The summed E-state index contributed by atoms with van der Waals surface area (Å²) in [7, 11) is 0. The lowest BCUT2D eigenvalue weighted by Gasteiger charge is -2.09. The Morgan fingerprint density at radius 2 is 1.85 bits per heavy atom. The van der Waals surface area contributed by atoms with Crippen molar-refractivity contribution in [2.75, 3.05) is 11.9 Å². The summed E-state index contributed by atoms with van der Waals surface area (Å²) < 4.78 is 3.31. The molecule has 3 rings (SSSR count). The molecule has 2 nitrogen and oxygen atoms in total. The Labute approximate surface area is 131 Å². The van der Waals surface area contributed by atoms with Crippen molar-refractivity contribution in [2.24, 2.45) is 0 Å². The molecule has 0 fully saturated rings. The van der Waals surface area contributed by atoms with Gasteiger partial charge in [-0.15, -0.1) is 0 Å². The van der Waals surface area contributed by atoms with Gasteiger partial charge in [0.25, 0.3) is 0 Å². The topological polar surface area (TPSA) is 17.0 Å². The van der Waals surface area contributed by atoms with Gasteiger partial charge in [0.2, 0.25) is 0 Å². The Hall–Kier alpha value is -1.45. The van der Waals surface area contributed by atoms with Crippen LogP contribution in [0.2, 0.25) is 5.02 Å². The van der Waals surface area contributed by atoms with Gasteiger partial charge in [0.05, 0.1) is 0 Å². The van der Waals surface area contributed by atoms with Gasteiger partial charge in [0.1, 0.15) is 0 Å². The maximum absolute atomic E-state index is 6.06. The van der Waals surface area contributed by atoms with Crippen LogP contribution in [0.3, 0.4) is 0 Å². The van der Waals surface area contributed by atoms with Gasteiger partial charge in [0, 0.05) is 40.0 Å². The van der Waals surface area contributed by atoms with Crippen LogP contribution in [-0.4, -0.2) is 11.1 Å². The molecule has 3 aromatic rings. The monoisotopic (exact) mass is 348 g/mol. The molecule has 2 aromatic carbocycles. The average Bonchev–Trinajstić information content (AvgIpc) is 2.84. The number of fused-ring (bicyclic) bond motifs is 1. The van der Waals surface area contributed by atoms with Crippen LogP contribution in [0.1, 0.15) is 0 Å². The van der Waals surface area contributed by atoms with Gasteiger partial charge in [-0.25, -0.2) is 0 Å². The molecule has 102 valence electrons. The van der Waals surface area contributed by atoms with E-state index in [0.29, 0.717) is 0 Å². The van der Waals surface area contributed by atoms with Gasteiger partial charge < -0.3 is 9.88 Å². The molecular weight excluding hydrogens is 336 g/mol. The van der Waals surface area contributed by atoms with E-state index < -0.39 is 0 Å². The lowest BCUT2D eigenvalue weighted by atomic mass is 10.2. The van der Waals surface area contributed by atoms with Crippen molar-refractivity contribution in [3.8, 4) is 0 Å². The summed E-state index contributed by atoms with van der Waals surface area (Å²) in [6, 6.07) is 16.3. The molecule has 0 unspecified atom stereocenters. The molecule has 0 spiro atoms. The van der Waals surface area contributed by atoms with Crippen LogP contribution >= 0.6 is 27.5 Å². The van der Waals surface area contributed by atoms with Crippen LogP contribution in [0.15, 0.2) is 59.2 Å². The second-order valence-electron chi connectivity index (χ2n) is 4.65. The molecule has 0 atom stereocenters. The fraction of sp³-hybridized carbons (Fsp3) is 0.125. The first-order valence-corrected chi connectivity index (χ1v) is 7.63. The minimum absolute atomic E-state index is 0.776. The first kappa shape index (κ1) is 13.5. The highest BCUT2D eigenvalue weighted by atomic mass is 79.9. The Balaban J connectivity index is 1.68. The number of rotatable bonds is 4. The predicted octanol–water partition coefficient (Wildman–Crippen LogP) is 5.17. The van der Waals surface area contributed by atoms with E-state index in [1.807, 2.05) is 24.3 Å². The second kappa shape index (κ2) is 5.90. The lowest BCUT2D eigenvalue weighted by molar-refractivity contribution is 0.757. The SMILES string of the molecule is Clc1ccc2ccn(CCNc3ccc(Br)cc3)c2c1. The van der Waals surface area contributed by atoms with Crippen molar-refractivity contribution in [1.29, 1.82) is 0 Å². The minimum atomic E-state index is 0.776. The third-order valence-corrected chi connectivity index (χ3v) is 4.03. The molecule has 1 heterocycles. The highest BCUT2D eigenvalue weighted by Crippen LogP contribution is 2.20. The largest absolute Gasteiger partial charge is 0.383 e. The maximum atomic E-state index is 6.06. The molecule has 4 heteroatoms. The van der Waals surface area contributed by atoms with E-state index in [9.17, 15) is 0 Å². The highest BCUT2D eigenvalue weighted by molar-refractivity contribution is 9.10. The van der Waals surface area contributed by atoms with Crippen molar-refractivity contribution >= 4 is 44.1 Å². The van der Waals surface area contributed by atoms with Gasteiger partial charge in [-0.1, -0.05) is 33.6 Å². The van der Waals surface area contributed by atoms with Crippen LogP contribution in [-0.2, 0) is 6.54 Å². The Bertz CT molecular complexity index is 719. The number of hydrogen-bond donors (Lipinski definition) is 1. The van der Waals surface area contributed by atoms with Crippen molar-refractivity contribution in [3.05, 3.63) is 64.2 Å². The van der Waals surface area contributed by atoms with E-state index in [0.717, 1.165) is 28.3 Å². The normalized spacial score (nSPS) is 10.9. The molecule has 0 amide bonds. The second-order valence-corrected chi connectivity index (χ2v) is 6.00. The Morgan fingerprint density at radius 3 is 2.65 bits per heavy atom. The van der Waals surface area contributed by atoms with Crippen molar-refractivity contribution in [2.45, 2.75) is 6.54 Å². The fourth-order valence-electron chi connectivity index (χ4n) is 2.24. The minimum Gasteiger partial charge on any atom is -0.383 e. The van der Waals surface area contributed by atoms with Crippen LogP contribution < -0.4 is 5.32 Å². The highest BCUT2D eigenvalue weighted by Gasteiger charge is 2.01. The molecule has 1 N–H and O–H groups in total. The third kappa shape index (κ3) is 3.00. The van der Waals surface area contributed by atoms with E-state index in [1.165, 1.54) is 10.9 Å².